The van der Waals surface area contributed by atoms with Crippen LogP contribution in [-0.4, -0.2) is 43.5 Å². The second-order valence-electron chi connectivity index (χ2n) is 8.07. The molecule has 0 aromatic heterocycles. The van der Waals surface area contributed by atoms with Crippen LogP contribution in [0.2, 0.25) is 5.02 Å². The van der Waals surface area contributed by atoms with Crippen LogP contribution in [0.3, 0.4) is 0 Å². The van der Waals surface area contributed by atoms with Crippen molar-refractivity contribution in [1.82, 2.24) is 4.90 Å². The summed E-state index contributed by atoms with van der Waals surface area (Å²) >= 11 is 6.00. The summed E-state index contributed by atoms with van der Waals surface area (Å²) in [6.07, 6.45) is 1.66. The zero-order valence-electron chi connectivity index (χ0n) is 16.8. The average molecular weight is 422 g/mol. The molecule has 30 heavy (non-hydrogen) atoms. The quantitative estimate of drug-likeness (QED) is 0.522. The number of carbonyl (C=O) groups is 1. The average Bonchev–Trinajstić information content (AvgIpc) is 3.25. The first kappa shape index (κ1) is 19.4. The highest BCUT2D eigenvalue weighted by Crippen LogP contribution is 2.35. The lowest BCUT2D eigenvalue weighted by Gasteiger charge is -2.19. The van der Waals surface area contributed by atoms with Crippen LogP contribution >= 0.6 is 11.6 Å². The monoisotopic (exact) mass is 421 g/mol. The fourth-order valence-corrected chi connectivity index (χ4v) is 4.53. The number of carbonyl (C=O) groups excluding carboxylic acids is 1. The Morgan fingerprint density at radius 3 is 2.47 bits per heavy atom. The summed E-state index contributed by atoms with van der Waals surface area (Å²) in [6, 6.07) is 18.0. The van der Waals surface area contributed by atoms with Crippen molar-refractivity contribution in [1.29, 1.82) is 0 Å². The van der Waals surface area contributed by atoms with Gasteiger partial charge in [0.25, 0.3) is 0 Å². The van der Waals surface area contributed by atoms with Gasteiger partial charge in [-0.2, -0.15) is 0 Å². The van der Waals surface area contributed by atoms with Crippen molar-refractivity contribution in [3.63, 3.8) is 0 Å². The van der Waals surface area contributed by atoms with E-state index < -0.39 is 0 Å². The highest BCUT2D eigenvalue weighted by atomic mass is 35.5. The van der Waals surface area contributed by atoms with Crippen LogP contribution in [-0.2, 0) is 0 Å². The van der Waals surface area contributed by atoms with Gasteiger partial charge in [-0.3, -0.25) is 4.79 Å². The van der Waals surface area contributed by atoms with Gasteiger partial charge >= 0.3 is 0 Å². The number of nitrogens with zero attached hydrogens (tertiary/aromatic N) is 1. The summed E-state index contributed by atoms with van der Waals surface area (Å²) < 4.78 is 11.3. The van der Waals surface area contributed by atoms with Crippen molar-refractivity contribution in [2.45, 2.75) is 18.8 Å². The van der Waals surface area contributed by atoms with E-state index in [0.29, 0.717) is 25.6 Å². The first-order chi connectivity index (χ1) is 14.7. The van der Waals surface area contributed by atoms with Crippen LogP contribution < -0.4 is 9.47 Å². The highest BCUT2D eigenvalue weighted by molar-refractivity contribution is 6.30. The molecule has 2 aliphatic heterocycles. The van der Waals surface area contributed by atoms with E-state index in [0.717, 1.165) is 58.9 Å². The van der Waals surface area contributed by atoms with Gasteiger partial charge in [-0.1, -0.05) is 35.9 Å². The third-order valence-corrected chi connectivity index (χ3v) is 6.34. The normalized spacial score (nSPS) is 18.6. The minimum absolute atomic E-state index is 0.182. The van der Waals surface area contributed by atoms with E-state index >= 15 is 0 Å². The second kappa shape index (κ2) is 8.29. The van der Waals surface area contributed by atoms with Gasteiger partial charge < -0.3 is 14.4 Å². The Morgan fingerprint density at radius 1 is 0.967 bits per heavy atom. The number of benzene rings is 3. The first-order valence-corrected chi connectivity index (χ1v) is 10.9. The molecule has 0 bridgehead atoms. The zero-order valence-corrected chi connectivity index (χ0v) is 17.5. The van der Waals surface area contributed by atoms with Crippen molar-refractivity contribution in [3.05, 3.63) is 70.7 Å². The Morgan fingerprint density at radius 2 is 1.70 bits per heavy atom. The van der Waals surface area contributed by atoms with Crippen LogP contribution in [0.4, 0.5) is 0 Å². The maximum absolute atomic E-state index is 12.8. The molecule has 1 atom stereocenters. The maximum atomic E-state index is 12.8. The Labute approximate surface area is 181 Å². The highest BCUT2D eigenvalue weighted by Gasteiger charge is 2.24. The molecule has 0 N–H and O–H groups in total. The molecule has 1 fully saturated rings. The van der Waals surface area contributed by atoms with Gasteiger partial charge in [-0.25, -0.2) is 0 Å². The number of fused-ring (bicyclic) bond motifs is 2. The number of Topliss-reactive ketones (excluding diaryl/α,β-unsaturated/α-hetero) is 1. The molecular weight excluding hydrogens is 398 g/mol. The van der Waals surface area contributed by atoms with E-state index in [4.69, 9.17) is 21.1 Å². The molecule has 4 nitrogen and oxygen atoms in total. The molecule has 5 heteroatoms. The second-order valence-corrected chi connectivity index (χ2v) is 8.51. The van der Waals surface area contributed by atoms with Crippen molar-refractivity contribution in [2.24, 2.45) is 0 Å². The van der Waals surface area contributed by atoms with Gasteiger partial charge in [0.2, 0.25) is 0 Å². The SMILES string of the molecule is O=C(CCN1CCC(c2ccc(Cl)cc2)C1)c1ccc2cc3c(cc2c1)OCCO3. The molecule has 154 valence electrons. The zero-order chi connectivity index (χ0) is 20.5. The number of hydrogen-bond acceptors (Lipinski definition) is 4. The van der Waals surface area contributed by atoms with Gasteiger partial charge in [0.15, 0.2) is 17.3 Å². The minimum Gasteiger partial charge on any atom is -0.486 e. The standard InChI is InChI=1S/C25H24ClNO3/c26-22-5-3-17(4-6-22)20-7-9-27(16-20)10-8-23(28)19-2-1-18-14-24-25(15-21(18)13-19)30-12-11-29-24/h1-6,13-15,20H,7-12,16H2. The van der Waals surface area contributed by atoms with Crippen LogP contribution in [0.25, 0.3) is 10.8 Å². The van der Waals surface area contributed by atoms with Crippen LogP contribution in [0.1, 0.15) is 34.7 Å². The van der Waals surface area contributed by atoms with Crippen LogP contribution in [0.5, 0.6) is 11.5 Å². The smallest absolute Gasteiger partial charge is 0.164 e. The fourth-order valence-electron chi connectivity index (χ4n) is 4.40. The van der Waals surface area contributed by atoms with E-state index in [1.807, 2.05) is 42.5 Å². The Kier molecular flexibility index (Phi) is 5.36. The molecule has 2 heterocycles. The molecule has 0 spiro atoms. The number of ether oxygens (including phenoxy) is 2. The third-order valence-electron chi connectivity index (χ3n) is 6.09. The van der Waals surface area contributed by atoms with Crippen molar-refractivity contribution in [2.75, 3.05) is 32.8 Å². The molecule has 2 aliphatic rings. The van der Waals surface area contributed by atoms with Crippen molar-refractivity contribution < 1.29 is 14.3 Å². The van der Waals surface area contributed by atoms with E-state index in [2.05, 4.69) is 17.0 Å². The lowest BCUT2D eigenvalue weighted by atomic mass is 9.99. The predicted molar refractivity (Wildman–Crippen MR) is 119 cm³/mol. The van der Waals surface area contributed by atoms with Gasteiger partial charge in [0, 0.05) is 30.1 Å². The molecule has 3 aromatic carbocycles. The van der Waals surface area contributed by atoms with Gasteiger partial charge in [-0.05, 0) is 65.6 Å². The summed E-state index contributed by atoms with van der Waals surface area (Å²) in [6.45, 7) is 3.95. The topological polar surface area (TPSA) is 38.8 Å². The maximum Gasteiger partial charge on any atom is 0.164 e. The van der Waals surface area contributed by atoms with E-state index in [1.54, 1.807) is 0 Å². The van der Waals surface area contributed by atoms with Crippen molar-refractivity contribution >= 4 is 28.2 Å². The summed E-state index contributed by atoms with van der Waals surface area (Å²) in [4.78, 5) is 15.2. The molecule has 0 aliphatic carbocycles. The Hall–Kier alpha value is -2.56. The summed E-state index contributed by atoms with van der Waals surface area (Å²) in [5.41, 5.74) is 2.09. The number of halogens is 1. The lowest BCUT2D eigenvalue weighted by molar-refractivity contribution is 0.0969. The number of hydrogen-bond donors (Lipinski definition) is 0. The molecule has 1 saturated heterocycles. The fraction of sp³-hybridized carbons (Fsp3) is 0.320. The Bertz CT molecular complexity index is 1080. The molecule has 3 aromatic rings. The number of likely N-dealkylation sites (tertiary alicyclic amines) is 1. The van der Waals surface area contributed by atoms with Gasteiger partial charge in [0.1, 0.15) is 13.2 Å². The number of rotatable bonds is 5. The van der Waals surface area contributed by atoms with Crippen LogP contribution in [0.15, 0.2) is 54.6 Å². The summed E-state index contributed by atoms with van der Waals surface area (Å²) in [7, 11) is 0. The van der Waals surface area contributed by atoms with E-state index in [9.17, 15) is 4.79 Å². The molecule has 1 unspecified atom stereocenters. The van der Waals surface area contributed by atoms with E-state index in [-0.39, 0.29) is 5.78 Å². The molecule has 0 saturated carbocycles. The minimum atomic E-state index is 0.182. The van der Waals surface area contributed by atoms with Crippen molar-refractivity contribution in [3.8, 4) is 11.5 Å². The molecule has 5 rings (SSSR count). The summed E-state index contributed by atoms with van der Waals surface area (Å²) in [5.74, 6) is 2.23. The molecule has 0 amide bonds. The van der Waals surface area contributed by atoms with E-state index in [1.165, 1.54) is 5.56 Å². The lowest BCUT2D eigenvalue weighted by Crippen LogP contribution is -2.23. The van der Waals surface area contributed by atoms with Crippen LogP contribution in [0, 0.1) is 0 Å². The number of ketones is 1. The van der Waals surface area contributed by atoms with Gasteiger partial charge in [0.05, 0.1) is 0 Å². The first-order valence-electron chi connectivity index (χ1n) is 10.5. The molecular formula is C25H24ClNO3. The predicted octanol–water partition coefficient (Wildman–Crippen LogP) is 5.33. The third kappa shape index (κ3) is 4.03. The Balaban J connectivity index is 1.22. The van der Waals surface area contributed by atoms with Gasteiger partial charge in [-0.15, -0.1) is 0 Å². The molecule has 0 radical (unpaired) electrons. The summed E-state index contributed by atoms with van der Waals surface area (Å²) in [5, 5.41) is 2.84. The largest absolute Gasteiger partial charge is 0.486 e.